The van der Waals surface area contributed by atoms with Gasteiger partial charge < -0.3 is 27.9 Å². The highest BCUT2D eigenvalue weighted by molar-refractivity contribution is 7.45. The van der Waals surface area contributed by atoms with Gasteiger partial charge in [-0.15, -0.1) is 0 Å². The van der Waals surface area contributed by atoms with E-state index in [1.807, 2.05) is 21.1 Å². The van der Waals surface area contributed by atoms with Gasteiger partial charge in [-0.05, 0) is 32.1 Å². The highest BCUT2D eigenvalue weighted by Crippen LogP contribution is 2.38. The number of rotatable bonds is 57. The molecule has 0 aliphatic carbocycles. The smallest absolute Gasteiger partial charge is 0.306 e. The van der Waals surface area contributed by atoms with Crippen LogP contribution in [0.25, 0.3) is 0 Å². The Balaban J connectivity index is 3.80. The summed E-state index contributed by atoms with van der Waals surface area (Å²) in [5, 5.41) is 0. The van der Waals surface area contributed by atoms with E-state index in [4.69, 9.17) is 18.5 Å². The monoisotopic (exact) mass is 1010 g/mol. The maximum absolute atomic E-state index is 12.7. The Morgan fingerprint density at radius 1 is 0.429 bits per heavy atom. The summed E-state index contributed by atoms with van der Waals surface area (Å²) in [5.74, 6) is -0.832. The lowest BCUT2D eigenvalue weighted by Gasteiger charge is -2.28. The molecule has 0 heterocycles. The van der Waals surface area contributed by atoms with E-state index in [1.54, 1.807) is 0 Å². The van der Waals surface area contributed by atoms with Gasteiger partial charge in [0.25, 0.3) is 7.82 Å². The van der Waals surface area contributed by atoms with Crippen LogP contribution in [0.1, 0.15) is 309 Å². The third-order valence-electron chi connectivity index (χ3n) is 13.8. The number of ether oxygens (including phenoxy) is 2. The van der Waals surface area contributed by atoms with Crippen LogP contribution in [0.2, 0.25) is 0 Å². The topological polar surface area (TPSA) is 111 Å². The average Bonchev–Trinajstić information content (AvgIpc) is 3.32. The second-order valence-electron chi connectivity index (χ2n) is 22.1. The van der Waals surface area contributed by atoms with Crippen LogP contribution >= 0.6 is 7.82 Å². The van der Waals surface area contributed by atoms with Gasteiger partial charge in [0.1, 0.15) is 19.8 Å². The maximum Gasteiger partial charge on any atom is 0.306 e. The number of phosphoric acid groups is 1. The zero-order chi connectivity index (χ0) is 51.3. The average molecular weight is 1010 g/mol. The summed E-state index contributed by atoms with van der Waals surface area (Å²) in [5.41, 5.74) is 0. The second kappa shape index (κ2) is 52.6. The Labute approximate surface area is 435 Å². The van der Waals surface area contributed by atoms with Gasteiger partial charge >= 0.3 is 11.9 Å². The van der Waals surface area contributed by atoms with E-state index in [0.717, 1.165) is 57.8 Å². The number of quaternary nitrogens is 1. The third kappa shape index (κ3) is 56.1. The molecule has 10 heteroatoms. The van der Waals surface area contributed by atoms with Crippen LogP contribution in [0.3, 0.4) is 0 Å². The maximum atomic E-state index is 12.7. The number of phosphoric ester groups is 1. The molecule has 0 bridgehead atoms. The van der Waals surface area contributed by atoms with Crippen LogP contribution in [0.4, 0.5) is 0 Å². The van der Waals surface area contributed by atoms with Crippen LogP contribution < -0.4 is 4.89 Å². The molecule has 416 valence electrons. The van der Waals surface area contributed by atoms with E-state index in [0.29, 0.717) is 17.4 Å². The summed E-state index contributed by atoms with van der Waals surface area (Å²) in [6.45, 7) is 4.20. The molecular weight excluding hydrogens is 894 g/mol. The van der Waals surface area contributed by atoms with E-state index in [1.165, 1.54) is 218 Å². The first-order valence-electron chi connectivity index (χ1n) is 30.4. The molecule has 0 N–H and O–H groups in total. The van der Waals surface area contributed by atoms with Crippen LogP contribution in [0.15, 0.2) is 12.2 Å². The quantitative estimate of drug-likeness (QED) is 0.0195. The zero-order valence-electron chi connectivity index (χ0n) is 47.2. The van der Waals surface area contributed by atoms with E-state index in [-0.39, 0.29) is 32.0 Å². The van der Waals surface area contributed by atoms with Crippen LogP contribution in [0.5, 0.6) is 0 Å². The van der Waals surface area contributed by atoms with Crippen molar-refractivity contribution in [2.75, 3.05) is 47.5 Å². The van der Waals surface area contributed by atoms with Gasteiger partial charge in [-0.3, -0.25) is 14.2 Å². The van der Waals surface area contributed by atoms with Crippen molar-refractivity contribution in [1.82, 2.24) is 0 Å². The van der Waals surface area contributed by atoms with Gasteiger partial charge in [-0.2, -0.15) is 0 Å². The summed E-state index contributed by atoms with van der Waals surface area (Å²) in [6.07, 6.45) is 61.8. The molecule has 0 aromatic rings. The van der Waals surface area contributed by atoms with Crippen LogP contribution in [0, 0.1) is 0 Å². The normalized spacial score (nSPS) is 13.3. The van der Waals surface area contributed by atoms with Crippen molar-refractivity contribution in [3.05, 3.63) is 12.2 Å². The van der Waals surface area contributed by atoms with Crippen molar-refractivity contribution in [2.45, 2.75) is 315 Å². The van der Waals surface area contributed by atoms with Crippen molar-refractivity contribution >= 4 is 19.8 Å². The minimum absolute atomic E-state index is 0.0292. The Bertz CT molecular complexity index is 1190. The van der Waals surface area contributed by atoms with E-state index in [2.05, 4.69) is 26.0 Å². The number of carbonyl (C=O) groups excluding carboxylic acids is 2. The van der Waals surface area contributed by atoms with E-state index < -0.39 is 26.5 Å². The first-order chi connectivity index (χ1) is 34.0. The van der Waals surface area contributed by atoms with Gasteiger partial charge in [-0.1, -0.05) is 276 Å². The van der Waals surface area contributed by atoms with Crippen molar-refractivity contribution in [2.24, 2.45) is 0 Å². The first kappa shape index (κ1) is 68.8. The SMILES string of the molecule is CCC/C=C\CCCCCCCC(=O)OC(COC(=O)CCCCCCCCCCCCCCCCCCCCCCCCCCCCCCCCCCCCCC)COP(=O)([O-])OCC[N+](C)(C)C. The van der Waals surface area contributed by atoms with Gasteiger partial charge in [0.15, 0.2) is 6.10 Å². The lowest BCUT2D eigenvalue weighted by molar-refractivity contribution is -0.870. The fourth-order valence-electron chi connectivity index (χ4n) is 9.07. The molecule has 0 aliphatic heterocycles. The number of hydrogen-bond acceptors (Lipinski definition) is 8. The molecule has 0 amide bonds. The number of unbranched alkanes of at least 4 members (excludes halogenated alkanes) is 41. The lowest BCUT2D eigenvalue weighted by Crippen LogP contribution is -2.37. The molecule has 0 saturated heterocycles. The van der Waals surface area contributed by atoms with Crippen LogP contribution in [-0.2, 0) is 32.7 Å². The summed E-state index contributed by atoms with van der Waals surface area (Å²) >= 11 is 0. The first-order valence-corrected chi connectivity index (χ1v) is 31.9. The van der Waals surface area contributed by atoms with E-state index in [9.17, 15) is 19.0 Å². The molecule has 0 aromatic carbocycles. The van der Waals surface area contributed by atoms with Crippen molar-refractivity contribution in [3.63, 3.8) is 0 Å². The second-order valence-corrected chi connectivity index (χ2v) is 23.5. The summed E-state index contributed by atoms with van der Waals surface area (Å²) < 4.78 is 34.0. The fraction of sp³-hybridized carbons (Fsp3) is 0.933. The Morgan fingerprint density at radius 3 is 1.11 bits per heavy atom. The molecule has 0 aromatic heterocycles. The zero-order valence-corrected chi connectivity index (χ0v) is 48.1. The molecule has 0 radical (unpaired) electrons. The van der Waals surface area contributed by atoms with Gasteiger partial charge in [0, 0.05) is 12.8 Å². The predicted molar refractivity (Wildman–Crippen MR) is 296 cm³/mol. The molecule has 2 atom stereocenters. The minimum Gasteiger partial charge on any atom is -0.756 e. The Hall–Kier alpha value is -1.25. The molecule has 2 unspecified atom stereocenters. The third-order valence-corrected chi connectivity index (χ3v) is 14.7. The van der Waals surface area contributed by atoms with Crippen molar-refractivity contribution in [3.8, 4) is 0 Å². The highest BCUT2D eigenvalue weighted by Gasteiger charge is 2.22. The van der Waals surface area contributed by atoms with Gasteiger partial charge in [0.05, 0.1) is 27.7 Å². The summed E-state index contributed by atoms with van der Waals surface area (Å²) in [4.78, 5) is 37.6. The Morgan fingerprint density at radius 2 is 0.757 bits per heavy atom. The number of carbonyl (C=O) groups is 2. The number of nitrogens with zero attached hydrogens (tertiary/aromatic N) is 1. The molecule has 0 spiro atoms. The molecule has 70 heavy (non-hydrogen) atoms. The standard InChI is InChI=1S/C60H118NO8P/c1-6-8-10-12-14-16-18-19-20-21-22-23-24-25-26-27-28-29-30-31-32-33-34-35-36-37-38-39-40-41-42-43-45-46-48-50-52-59(62)66-56-58(57-68-70(64,65)67-55-54-61(3,4)5)69-60(63)53-51-49-47-44-17-15-13-11-9-7-2/h11,13,58H,6-10,12,14-57H2,1-5H3/b13-11-. The van der Waals surface area contributed by atoms with Crippen molar-refractivity contribution < 1.29 is 42.1 Å². The fourth-order valence-corrected chi connectivity index (χ4v) is 9.80. The van der Waals surface area contributed by atoms with Crippen LogP contribution in [-0.4, -0.2) is 70.0 Å². The number of hydrogen-bond donors (Lipinski definition) is 0. The van der Waals surface area contributed by atoms with Crippen molar-refractivity contribution in [1.29, 1.82) is 0 Å². The van der Waals surface area contributed by atoms with Gasteiger partial charge in [-0.25, -0.2) is 0 Å². The Kier molecular flexibility index (Phi) is 51.7. The largest absolute Gasteiger partial charge is 0.756 e. The molecule has 0 saturated carbocycles. The number of allylic oxidation sites excluding steroid dienone is 2. The number of likely N-dealkylation sites (N-methyl/N-ethyl adjacent to an activating group) is 1. The molecule has 9 nitrogen and oxygen atoms in total. The number of esters is 2. The summed E-state index contributed by atoms with van der Waals surface area (Å²) in [6, 6.07) is 0. The molecular formula is C60H118NO8P. The lowest BCUT2D eigenvalue weighted by atomic mass is 10.0. The molecule has 0 rings (SSSR count). The molecule has 0 fully saturated rings. The van der Waals surface area contributed by atoms with Gasteiger partial charge in [0.2, 0.25) is 0 Å². The highest BCUT2D eigenvalue weighted by atomic mass is 31.2. The predicted octanol–water partition coefficient (Wildman–Crippen LogP) is 18.2. The summed E-state index contributed by atoms with van der Waals surface area (Å²) in [7, 11) is 1.17. The minimum atomic E-state index is -4.62. The van der Waals surface area contributed by atoms with E-state index >= 15 is 0 Å². The molecule has 0 aliphatic rings.